The van der Waals surface area contributed by atoms with E-state index in [0.717, 1.165) is 0 Å². The van der Waals surface area contributed by atoms with E-state index in [9.17, 15) is 0 Å². The number of piperazine rings is 1. The first-order valence-electron chi connectivity index (χ1n) is 11.0. The fourth-order valence-electron chi connectivity index (χ4n) is 3.53. The quantitative estimate of drug-likeness (QED) is 0.610. The molecular formula is C21H48N6. The molecule has 0 saturated carbocycles. The van der Waals surface area contributed by atoms with E-state index < -0.39 is 0 Å². The van der Waals surface area contributed by atoms with E-state index in [1.807, 2.05) is 0 Å². The maximum atomic E-state index is 2.42. The lowest BCUT2D eigenvalue weighted by Crippen LogP contribution is -2.42. The highest BCUT2D eigenvalue weighted by Crippen LogP contribution is 1.99. The minimum Gasteiger partial charge on any atom is -0.306 e. The van der Waals surface area contributed by atoms with Gasteiger partial charge in [-0.05, 0) is 101 Å². The van der Waals surface area contributed by atoms with E-state index in [1.54, 1.807) is 0 Å². The van der Waals surface area contributed by atoms with Crippen LogP contribution in [0.4, 0.5) is 0 Å². The van der Waals surface area contributed by atoms with Crippen molar-refractivity contribution in [3.05, 3.63) is 0 Å². The first kappa shape index (κ1) is 24.8. The van der Waals surface area contributed by atoms with Gasteiger partial charge in [0.2, 0.25) is 0 Å². The van der Waals surface area contributed by atoms with E-state index in [2.05, 4.69) is 71.7 Å². The Bertz CT molecular complexity index is 306. The van der Waals surface area contributed by atoms with E-state index in [1.165, 1.54) is 97.8 Å². The number of likely N-dealkylation sites (N-methyl/N-ethyl adjacent to an activating group) is 4. The molecule has 0 aromatic heterocycles. The van der Waals surface area contributed by atoms with Crippen molar-refractivity contribution in [2.24, 2.45) is 0 Å². The fraction of sp³-hybridized carbons (Fsp3) is 1.00. The Kier molecular flexibility index (Phi) is 13.5. The van der Waals surface area contributed by atoms with Gasteiger partial charge in [0.1, 0.15) is 0 Å². The Labute approximate surface area is 170 Å². The molecule has 0 aliphatic carbocycles. The molecule has 162 valence electrons. The molecule has 27 heavy (non-hydrogen) atoms. The van der Waals surface area contributed by atoms with Crippen LogP contribution >= 0.6 is 0 Å². The minimum atomic E-state index is 1.23. The molecule has 6 heteroatoms. The summed E-state index contributed by atoms with van der Waals surface area (Å²) in [6.07, 6.45) is 3.98. The molecule has 0 amide bonds. The number of rotatable bonds is 0. The van der Waals surface area contributed by atoms with Crippen molar-refractivity contribution in [1.82, 2.24) is 29.4 Å². The molecular weight excluding hydrogens is 336 g/mol. The van der Waals surface area contributed by atoms with Crippen LogP contribution < -0.4 is 0 Å². The topological polar surface area (TPSA) is 19.4 Å². The molecule has 0 aromatic carbocycles. The Hall–Kier alpha value is -0.240. The standard InChI is InChI=1S/C8H18N2.C7H16N2.C6H14N2/c1-9-5-3-7-10(2)8-4-6-9;1-8-4-3-5-9(2)7-6-8;1-7-3-5-8(2)6-4-7/h3-8H2,1-2H3;3-7H2,1-2H3;3-6H2,1-2H3. The monoisotopic (exact) mass is 384 g/mol. The second kappa shape index (κ2) is 14.7. The third-order valence-corrected chi connectivity index (χ3v) is 5.83. The summed E-state index contributed by atoms with van der Waals surface area (Å²) in [5, 5.41) is 0. The van der Waals surface area contributed by atoms with Crippen molar-refractivity contribution in [1.29, 1.82) is 0 Å². The van der Waals surface area contributed by atoms with Gasteiger partial charge >= 0.3 is 0 Å². The zero-order valence-electron chi connectivity index (χ0n) is 19.3. The fourth-order valence-corrected chi connectivity index (χ4v) is 3.53. The maximum absolute atomic E-state index is 2.42. The maximum Gasteiger partial charge on any atom is 0.0107 e. The van der Waals surface area contributed by atoms with Crippen LogP contribution in [0, 0.1) is 0 Å². The zero-order valence-corrected chi connectivity index (χ0v) is 19.3. The molecule has 3 aliphatic heterocycles. The van der Waals surface area contributed by atoms with Gasteiger partial charge in [0, 0.05) is 39.3 Å². The van der Waals surface area contributed by atoms with Gasteiger partial charge in [-0.15, -0.1) is 0 Å². The molecule has 6 nitrogen and oxygen atoms in total. The average molecular weight is 385 g/mol. The van der Waals surface area contributed by atoms with Crippen LogP contribution in [0.2, 0.25) is 0 Å². The summed E-state index contributed by atoms with van der Waals surface area (Å²) in [7, 11) is 13.2. The molecule has 0 bridgehead atoms. The molecule has 3 aliphatic rings. The second-order valence-electron chi connectivity index (χ2n) is 8.88. The van der Waals surface area contributed by atoms with Crippen LogP contribution in [0.15, 0.2) is 0 Å². The van der Waals surface area contributed by atoms with E-state index in [4.69, 9.17) is 0 Å². The van der Waals surface area contributed by atoms with Gasteiger partial charge in [-0.25, -0.2) is 0 Å². The number of nitrogens with zero attached hydrogens (tertiary/aromatic N) is 6. The number of hydrogen-bond donors (Lipinski definition) is 0. The molecule has 3 rings (SSSR count). The second-order valence-corrected chi connectivity index (χ2v) is 8.88. The molecule has 3 heterocycles. The lowest BCUT2D eigenvalue weighted by atomic mass is 10.3. The summed E-state index contributed by atoms with van der Waals surface area (Å²) in [5.74, 6) is 0. The third kappa shape index (κ3) is 13.6. The third-order valence-electron chi connectivity index (χ3n) is 5.83. The Balaban J connectivity index is 0.000000204. The van der Waals surface area contributed by atoms with Crippen LogP contribution in [-0.4, -0.2) is 150 Å². The van der Waals surface area contributed by atoms with E-state index in [-0.39, 0.29) is 0 Å². The average Bonchev–Trinajstić information content (AvgIpc) is 2.81. The Morgan fingerprint density at radius 2 is 0.407 bits per heavy atom. The molecule has 3 fully saturated rings. The summed E-state index contributed by atoms with van der Waals surface area (Å²) in [6, 6.07) is 0. The smallest absolute Gasteiger partial charge is 0.0107 e. The SMILES string of the molecule is CN1CCCN(C)CC1.CN1CCCN(C)CCC1.CN1CCN(C)CC1. The van der Waals surface area contributed by atoms with Crippen molar-refractivity contribution < 1.29 is 0 Å². The van der Waals surface area contributed by atoms with Crippen molar-refractivity contribution in [3.63, 3.8) is 0 Å². The largest absolute Gasteiger partial charge is 0.306 e. The highest BCUT2D eigenvalue weighted by atomic mass is 15.2. The predicted molar refractivity (Wildman–Crippen MR) is 119 cm³/mol. The summed E-state index contributed by atoms with van der Waals surface area (Å²) < 4.78 is 0. The summed E-state index contributed by atoms with van der Waals surface area (Å²) in [4.78, 5) is 14.4. The van der Waals surface area contributed by atoms with Crippen molar-refractivity contribution in [2.75, 3.05) is 121 Å². The van der Waals surface area contributed by atoms with Crippen LogP contribution in [0.3, 0.4) is 0 Å². The van der Waals surface area contributed by atoms with Gasteiger partial charge in [-0.2, -0.15) is 0 Å². The van der Waals surface area contributed by atoms with Gasteiger partial charge in [-0.3, -0.25) is 0 Å². The van der Waals surface area contributed by atoms with Crippen molar-refractivity contribution in [2.45, 2.75) is 19.3 Å². The van der Waals surface area contributed by atoms with Crippen molar-refractivity contribution >= 4 is 0 Å². The summed E-state index contributed by atoms with van der Waals surface area (Å²) >= 11 is 0. The molecule has 0 atom stereocenters. The molecule has 0 unspecified atom stereocenters. The lowest BCUT2D eigenvalue weighted by Gasteiger charge is -2.28. The van der Waals surface area contributed by atoms with Gasteiger partial charge in [0.25, 0.3) is 0 Å². The lowest BCUT2D eigenvalue weighted by molar-refractivity contribution is 0.181. The van der Waals surface area contributed by atoms with E-state index in [0.29, 0.717) is 0 Å². The molecule has 0 N–H and O–H groups in total. The summed E-state index contributed by atoms with van der Waals surface area (Å²) in [5.41, 5.74) is 0. The predicted octanol–water partition coefficient (Wildman–Crippen LogP) is 0.761. The van der Waals surface area contributed by atoms with Gasteiger partial charge in [-0.1, -0.05) is 0 Å². The van der Waals surface area contributed by atoms with Crippen LogP contribution in [0.5, 0.6) is 0 Å². The van der Waals surface area contributed by atoms with Crippen LogP contribution in [0.25, 0.3) is 0 Å². The van der Waals surface area contributed by atoms with Crippen molar-refractivity contribution in [3.8, 4) is 0 Å². The molecule has 0 aromatic rings. The first-order chi connectivity index (χ1) is 12.9. The van der Waals surface area contributed by atoms with Gasteiger partial charge < -0.3 is 29.4 Å². The summed E-state index contributed by atoms with van der Waals surface area (Å²) in [6.45, 7) is 15.0. The Morgan fingerprint density at radius 1 is 0.259 bits per heavy atom. The zero-order chi connectivity index (χ0) is 20.1. The van der Waals surface area contributed by atoms with Gasteiger partial charge in [0.05, 0.1) is 0 Å². The highest BCUT2D eigenvalue weighted by molar-refractivity contribution is 4.65. The van der Waals surface area contributed by atoms with E-state index >= 15 is 0 Å². The molecule has 0 radical (unpaired) electrons. The number of hydrogen-bond acceptors (Lipinski definition) is 6. The van der Waals surface area contributed by atoms with Crippen LogP contribution in [-0.2, 0) is 0 Å². The van der Waals surface area contributed by atoms with Crippen LogP contribution in [0.1, 0.15) is 19.3 Å². The Morgan fingerprint density at radius 3 is 0.630 bits per heavy atom. The highest BCUT2D eigenvalue weighted by Gasteiger charge is 2.08. The van der Waals surface area contributed by atoms with Gasteiger partial charge in [0.15, 0.2) is 0 Å². The minimum absolute atomic E-state index is 1.23. The molecule has 3 saturated heterocycles. The molecule has 0 spiro atoms. The normalized spacial score (nSPS) is 26.0. The first-order valence-corrected chi connectivity index (χ1v) is 11.0.